The number of furan rings is 1. The molecule has 2 aliphatic rings. The van der Waals surface area contributed by atoms with Crippen LogP contribution in [0.3, 0.4) is 0 Å². The first kappa shape index (κ1) is 19.1. The Balaban J connectivity index is 1.88. The first-order chi connectivity index (χ1) is 13.5. The van der Waals surface area contributed by atoms with Gasteiger partial charge in [-0.25, -0.2) is 4.79 Å². The fourth-order valence-electron chi connectivity index (χ4n) is 4.47. The number of aliphatic hydroxyl groups excluding tert-OH is 1. The number of urea groups is 1. The number of nitrogens with zero attached hydrogens (tertiary/aromatic N) is 1. The summed E-state index contributed by atoms with van der Waals surface area (Å²) in [6.07, 6.45) is 4.73. The third-order valence-corrected chi connectivity index (χ3v) is 6.08. The number of benzene rings is 1. The van der Waals surface area contributed by atoms with Gasteiger partial charge in [0.05, 0.1) is 22.9 Å². The third-order valence-electron chi connectivity index (χ3n) is 5.79. The zero-order valence-electron chi connectivity index (χ0n) is 15.8. The van der Waals surface area contributed by atoms with Crippen LogP contribution in [0, 0.1) is 0 Å². The third kappa shape index (κ3) is 3.02. The smallest absolute Gasteiger partial charge is 0.319 e. The molecule has 1 aliphatic heterocycles. The van der Waals surface area contributed by atoms with Crippen LogP contribution in [0.2, 0.25) is 5.02 Å². The molecule has 2 aromatic rings. The lowest BCUT2D eigenvalue weighted by Crippen LogP contribution is -2.52. The molecule has 1 aromatic heterocycles. The Morgan fingerprint density at radius 2 is 2.07 bits per heavy atom. The van der Waals surface area contributed by atoms with Crippen LogP contribution in [0.15, 0.2) is 16.5 Å². The number of rotatable bonds is 4. The Labute approximate surface area is 168 Å². The van der Waals surface area contributed by atoms with Crippen LogP contribution < -0.4 is 10.6 Å². The number of carbonyl (C=O) groups is 2. The summed E-state index contributed by atoms with van der Waals surface area (Å²) in [5, 5.41) is 16.3. The van der Waals surface area contributed by atoms with Crippen molar-refractivity contribution in [3.8, 4) is 0 Å². The highest BCUT2D eigenvalue weighted by atomic mass is 35.5. The van der Waals surface area contributed by atoms with Gasteiger partial charge in [0.2, 0.25) is 0 Å². The van der Waals surface area contributed by atoms with Gasteiger partial charge in [-0.3, -0.25) is 4.79 Å². The standard InChI is InChI=1S/C20H24ClN3O4/c1-2-24(8-9-25)18(26)14-11-12-10-13(21)16-15(17(12)28-14)20(23-19(27)22-16)6-4-3-5-7-20/h10-11,25H,2-9H2,1H3,(H2,22,23,27). The van der Waals surface area contributed by atoms with Crippen molar-refractivity contribution < 1.29 is 19.1 Å². The van der Waals surface area contributed by atoms with E-state index < -0.39 is 5.54 Å². The molecule has 1 saturated carbocycles. The second-order valence-corrected chi connectivity index (χ2v) is 7.87. The molecule has 1 spiro atoms. The van der Waals surface area contributed by atoms with Gasteiger partial charge in [0.1, 0.15) is 5.58 Å². The van der Waals surface area contributed by atoms with E-state index in [1.54, 1.807) is 12.1 Å². The summed E-state index contributed by atoms with van der Waals surface area (Å²) in [6, 6.07) is 3.15. The van der Waals surface area contributed by atoms with Gasteiger partial charge >= 0.3 is 6.03 Å². The largest absolute Gasteiger partial charge is 0.450 e. The minimum Gasteiger partial charge on any atom is -0.450 e. The van der Waals surface area contributed by atoms with Crippen LogP contribution in [-0.2, 0) is 5.54 Å². The molecule has 0 bridgehead atoms. The van der Waals surface area contributed by atoms with E-state index in [0.717, 1.165) is 43.1 Å². The van der Waals surface area contributed by atoms with Crippen LogP contribution in [0.1, 0.15) is 55.1 Å². The number of carbonyl (C=O) groups excluding carboxylic acids is 2. The molecule has 0 radical (unpaired) electrons. The molecule has 3 amide bonds. The number of aliphatic hydroxyl groups is 1. The summed E-state index contributed by atoms with van der Waals surface area (Å²) in [7, 11) is 0. The number of fused-ring (bicyclic) bond motifs is 4. The lowest BCUT2D eigenvalue weighted by atomic mass is 9.74. The Hall–Kier alpha value is -2.25. The van der Waals surface area contributed by atoms with Gasteiger partial charge < -0.3 is 25.1 Å². The monoisotopic (exact) mass is 405 g/mol. The highest BCUT2D eigenvalue weighted by Gasteiger charge is 2.44. The zero-order valence-corrected chi connectivity index (χ0v) is 16.6. The molecule has 150 valence electrons. The fraction of sp³-hybridized carbons (Fsp3) is 0.500. The molecular weight excluding hydrogens is 382 g/mol. The van der Waals surface area contributed by atoms with Gasteiger partial charge in [0.15, 0.2) is 5.76 Å². The maximum Gasteiger partial charge on any atom is 0.319 e. The van der Waals surface area contributed by atoms with Crippen LogP contribution in [0.4, 0.5) is 10.5 Å². The normalized spacial score (nSPS) is 17.9. The average molecular weight is 406 g/mol. The van der Waals surface area contributed by atoms with Gasteiger partial charge in [-0.1, -0.05) is 30.9 Å². The summed E-state index contributed by atoms with van der Waals surface area (Å²) in [4.78, 5) is 26.6. The zero-order chi connectivity index (χ0) is 19.9. The number of likely N-dealkylation sites (N-methyl/N-ethyl adjacent to an activating group) is 1. The van der Waals surface area contributed by atoms with Gasteiger partial charge in [-0.2, -0.15) is 0 Å². The van der Waals surface area contributed by atoms with E-state index in [1.807, 2.05) is 6.92 Å². The number of amides is 3. The molecule has 0 atom stereocenters. The Kier molecular flexibility index (Phi) is 4.97. The molecule has 7 nitrogen and oxygen atoms in total. The molecule has 0 unspecified atom stereocenters. The topological polar surface area (TPSA) is 94.8 Å². The summed E-state index contributed by atoms with van der Waals surface area (Å²) in [6.45, 7) is 2.45. The maximum absolute atomic E-state index is 12.8. The van der Waals surface area contributed by atoms with E-state index in [9.17, 15) is 14.7 Å². The highest BCUT2D eigenvalue weighted by molar-refractivity contribution is 6.35. The molecule has 1 fully saturated rings. The van der Waals surface area contributed by atoms with Crippen molar-refractivity contribution in [1.29, 1.82) is 0 Å². The first-order valence-electron chi connectivity index (χ1n) is 9.75. The van der Waals surface area contributed by atoms with Crippen molar-refractivity contribution in [2.24, 2.45) is 0 Å². The SMILES string of the molecule is CCN(CCO)C(=O)c1cc2cc(Cl)c3c(c2o1)C1(CCCCC1)NC(=O)N3. The maximum atomic E-state index is 12.8. The van der Waals surface area contributed by atoms with Crippen molar-refractivity contribution in [3.63, 3.8) is 0 Å². The quantitative estimate of drug-likeness (QED) is 0.720. The van der Waals surface area contributed by atoms with E-state index in [4.69, 9.17) is 16.0 Å². The molecule has 1 aromatic carbocycles. The van der Waals surface area contributed by atoms with Crippen LogP contribution >= 0.6 is 11.6 Å². The van der Waals surface area contributed by atoms with E-state index in [0.29, 0.717) is 22.8 Å². The van der Waals surface area contributed by atoms with Gasteiger partial charge in [-0.15, -0.1) is 0 Å². The van der Waals surface area contributed by atoms with E-state index in [-0.39, 0.29) is 30.9 Å². The van der Waals surface area contributed by atoms with E-state index >= 15 is 0 Å². The number of anilines is 1. The van der Waals surface area contributed by atoms with Crippen molar-refractivity contribution in [3.05, 3.63) is 28.5 Å². The number of halogens is 1. The lowest BCUT2D eigenvalue weighted by Gasteiger charge is -2.42. The highest BCUT2D eigenvalue weighted by Crippen LogP contribution is 2.49. The van der Waals surface area contributed by atoms with Crippen LogP contribution in [-0.4, -0.2) is 41.6 Å². The minimum atomic E-state index is -0.535. The molecule has 28 heavy (non-hydrogen) atoms. The van der Waals surface area contributed by atoms with E-state index in [1.165, 1.54) is 4.90 Å². The number of hydrogen-bond acceptors (Lipinski definition) is 4. The lowest BCUT2D eigenvalue weighted by molar-refractivity contribution is 0.0702. The van der Waals surface area contributed by atoms with Crippen molar-refractivity contribution in [2.45, 2.75) is 44.6 Å². The fourth-order valence-corrected chi connectivity index (χ4v) is 4.73. The summed E-state index contributed by atoms with van der Waals surface area (Å²) < 4.78 is 6.05. The predicted molar refractivity (Wildman–Crippen MR) is 107 cm³/mol. The average Bonchev–Trinajstić information content (AvgIpc) is 3.09. The van der Waals surface area contributed by atoms with Crippen LogP contribution in [0.5, 0.6) is 0 Å². The predicted octanol–water partition coefficient (Wildman–Crippen LogP) is 3.84. The number of hydrogen-bond donors (Lipinski definition) is 3. The Morgan fingerprint density at radius 1 is 1.32 bits per heavy atom. The molecule has 4 rings (SSSR count). The Bertz CT molecular complexity index is 933. The summed E-state index contributed by atoms with van der Waals surface area (Å²) >= 11 is 6.50. The molecular formula is C20H24ClN3O4. The van der Waals surface area contributed by atoms with Crippen molar-refractivity contribution in [1.82, 2.24) is 10.2 Å². The second kappa shape index (κ2) is 7.29. The van der Waals surface area contributed by atoms with Gasteiger partial charge in [-0.05, 0) is 31.9 Å². The van der Waals surface area contributed by atoms with Gasteiger partial charge in [0, 0.05) is 24.0 Å². The van der Waals surface area contributed by atoms with Crippen LogP contribution in [0.25, 0.3) is 11.0 Å². The Morgan fingerprint density at radius 3 is 2.75 bits per heavy atom. The second-order valence-electron chi connectivity index (χ2n) is 7.47. The first-order valence-corrected chi connectivity index (χ1v) is 10.1. The summed E-state index contributed by atoms with van der Waals surface area (Å²) in [5.41, 5.74) is 1.44. The molecule has 1 aliphatic carbocycles. The molecule has 0 saturated heterocycles. The van der Waals surface area contributed by atoms with Gasteiger partial charge in [0.25, 0.3) is 5.91 Å². The molecule has 2 heterocycles. The van der Waals surface area contributed by atoms with E-state index in [2.05, 4.69) is 10.6 Å². The minimum absolute atomic E-state index is 0.111. The van der Waals surface area contributed by atoms with Crippen molar-refractivity contribution >= 4 is 40.2 Å². The molecule has 8 heteroatoms. The van der Waals surface area contributed by atoms with Crippen molar-refractivity contribution in [2.75, 3.05) is 25.0 Å². The molecule has 3 N–H and O–H groups in total. The number of nitrogens with one attached hydrogen (secondary N) is 2. The summed E-state index contributed by atoms with van der Waals surface area (Å²) in [5.74, 6) is -0.0688.